The van der Waals surface area contributed by atoms with Crippen LogP contribution in [0.25, 0.3) is 16.8 Å². The Morgan fingerprint density at radius 1 is 1.10 bits per heavy atom. The van der Waals surface area contributed by atoms with Gasteiger partial charge in [0.1, 0.15) is 0 Å². The summed E-state index contributed by atoms with van der Waals surface area (Å²) in [6.07, 6.45) is -2.65. The van der Waals surface area contributed by atoms with E-state index >= 15 is 0 Å². The number of nitrogen functional groups attached to an aromatic ring is 1. The SMILES string of the molecule is Cc1cc(-c2ccc(C(F)(F)F)cc2)cn2nc(N)nc12. The van der Waals surface area contributed by atoms with E-state index in [9.17, 15) is 13.2 Å². The minimum absolute atomic E-state index is 0.155. The predicted octanol–water partition coefficient (Wildman–Crippen LogP) is 3.31. The maximum atomic E-state index is 12.6. The number of fused-ring (bicyclic) bond motifs is 1. The van der Waals surface area contributed by atoms with Crippen LogP contribution < -0.4 is 5.73 Å². The lowest BCUT2D eigenvalue weighted by molar-refractivity contribution is -0.137. The van der Waals surface area contributed by atoms with E-state index in [2.05, 4.69) is 10.1 Å². The Morgan fingerprint density at radius 2 is 1.76 bits per heavy atom. The quantitative estimate of drug-likeness (QED) is 0.748. The minimum Gasteiger partial charge on any atom is -0.366 e. The first-order chi connectivity index (χ1) is 9.84. The van der Waals surface area contributed by atoms with Crippen LogP contribution >= 0.6 is 0 Å². The van der Waals surface area contributed by atoms with Crippen LogP contribution in [-0.4, -0.2) is 14.6 Å². The molecule has 0 aliphatic carbocycles. The van der Waals surface area contributed by atoms with Gasteiger partial charge < -0.3 is 5.73 Å². The monoisotopic (exact) mass is 292 g/mol. The fourth-order valence-corrected chi connectivity index (χ4v) is 2.18. The van der Waals surface area contributed by atoms with Gasteiger partial charge in [-0.3, -0.25) is 0 Å². The number of nitrogens with zero attached hydrogens (tertiary/aromatic N) is 3. The van der Waals surface area contributed by atoms with Crippen molar-refractivity contribution in [3.63, 3.8) is 0 Å². The van der Waals surface area contributed by atoms with Gasteiger partial charge in [0.25, 0.3) is 0 Å². The molecule has 0 radical (unpaired) electrons. The number of aryl methyl sites for hydroxylation is 1. The highest BCUT2D eigenvalue weighted by atomic mass is 19.4. The topological polar surface area (TPSA) is 56.2 Å². The molecule has 0 atom stereocenters. The van der Waals surface area contributed by atoms with E-state index in [1.807, 2.05) is 13.0 Å². The molecular formula is C14H11F3N4. The number of pyridine rings is 1. The fraction of sp³-hybridized carbons (Fsp3) is 0.143. The van der Waals surface area contributed by atoms with Crippen LogP contribution in [0.5, 0.6) is 0 Å². The first-order valence-electron chi connectivity index (χ1n) is 6.15. The van der Waals surface area contributed by atoms with Crippen LogP contribution in [0.2, 0.25) is 0 Å². The van der Waals surface area contributed by atoms with E-state index in [0.717, 1.165) is 23.3 Å². The van der Waals surface area contributed by atoms with Gasteiger partial charge in [-0.25, -0.2) is 4.52 Å². The number of rotatable bonds is 1. The molecule has 0 saturated carbocycles. The Hall–Kier alpha value is -2.57. The molecule has 4 nitrogen and oxygen atoms in total. The smallest absolute Gasteiger partial charge is 0.366 e. The zero-order valence-corrected chi connectivity index (χ0v) is 11.0. The molecule has 0 fully saturated rings. The van der Waals surface area contributed by atoms with E-state index in [0.29, 0.717) is 11.2 Å². The molecule has 7 heteroatoms. The molecule has 1 aromatic carbocycles. The lowest BCUT2D eigenvalue weighted by Gasteiger charge is -2.08. The zero-order chi connectivity index (χ0) is 15.2. The number of anilines is 1. The predicted molar refractivity (Wildman–Crippen MR) is 72.6 cm³/mol. The number of alkyl halides is 3. The molecule has 2 heterocycles. The summed E-state index contributed by atoms with van der Waals surface area (Å²) in [7, 11) is 0. The molecule has 3 aromatic rings. The van der Waals surface area contributed by atoms with Gasteiger partial charge in [0.05, 0.1) is 5.56 Å². The van der Waals surface area contributed by atoms with Gasteiger partial charge in [-0.1, -0.05) is 12.1 Å². The highest BCUT2D eigenvalue weighted by molar-refractivity contribution is 5.67. The van der Waals surface area contributed by atoms with E-state index in [4.69, 9.17) is 5.73 Å². The van der Waals surface area contributed by atoms with E-state index in [-0.39, 0.29) is 5.95 Å². The Morgan fingerprint density at radius 3 is 2.38 bits per heavy atom. The van der Waals surface area contributed by atoms with Crippen molar-refractivity contribution in [1.29, 1.82) is 0 Å². The second-order valence-electron chi connectivity index (χ2n) is 4.73. The molecule has 0 amide bonds. The van der Waals surface area contributed by atoms with Gasteiger partial charge in [-0.2, -0.15) is 18.2 Å². The third-order valence-electron chi connectivity index (χ3n) is 3.18. The van der Waals surface area contributed by atoms with Crippen molar-refractivity contribution in [2.24, 2.45) is 0 Å². The van der Waals surface area contributed by atoms with Crippen molar-refractivity contribution < 1.29 is 13.2 Å². The molecule has 0 aliphatic rings. The van der Waals surface area contributed by atoms with Gasteiger partial charge in [0.2, 0.25) is 5.95 Å². The highest BCUT2D eigenvalue weighted by Gasteiger charge is 2.29. The van der Waals surface area contributed by atoms with Gasteiger partial charge in [0.15, 0.2) is 5.65 Å². The number of nitrogens with two attached hydrogens (primary N) is 1. The third-order valence-corrected chi connectivity index (χ3v) is 3.18. The summed E-state index contributed by atoms with van der Waals surface area (Å²) in [5.74, 6) is 0.155. The number of aromatic nitrogens is 3. The average Bonchev–Trinajstić information content (AvgIpc) is 2.79. The molecule has 0 aliphatic heterocycles. The summed E-state index contributed by atoms with van der Waals surface area (Å²) >= 11 is 0. The van der Waals surface area contributed by atoms with Gasteiger partial charge in [-0.05, 0) is 36.2 Å². The van der Waals surface area contributed by atoms with Crippen molar-refractivity contribution in [2.75, 3.05) is 5.73 Å². The van der Waals surface area contributed by atoms with E-state index < -0.39 is 11.7 Å². The summed E-state index contributed by atoms with van der Waals surface area (Å²) in [6.45, 7) is 1.84. The van der Waals surface area contributed by atoms with Gasteiger partial charge in [0, 0.05) is 11.8 Å². The molecule has 0 unspecified atom stereocenters. The molecule has 2 N–H and O–H groups in total. The van der Waals surface area contributed by atoms with Crippen LogP contribution in [0.15, 0.2) is 36.5 Å². The van der Waals surface area contributed by atoms with Crippen molar-refractivity contribution >= 4 is 11.6 Å². The van der Waals surface area contributed by atoms with Crippen molar-refractivity contribution in [2.45, 2.75) is 13.1 Å². The molecule has 21 heavy (non-hydrogen) atoms. The van der Waals surface area contributed by atoms with Crippen molar-refractivity contribution in [1.82, 2.24) is 14.6 Å². The summed E-state index contributed by atoms with van der Waals surface area (Å²) < 4.78 is 39.2. The van der Waals surface area contributed by atoms with Crippen molar-refractivity contribution in [3.8, 4) is 11.1 Å². The first-order valence-corrected chi connectivity index (χ1v) is 6.15. The minimum atomic E-state index is -4.33. The highest BCUT2D eigenvalue weighted by Crippen LogP contribution is 2.31. The van der Waals surface area contributed by atoms with Crippen LogP contribution in [0, 0.1) is 6.92 Å². The second-order valence-corrected chi connectivity index (χ2v) is 4.73. The van der Waals surface area contributed by atoms with Crippen LogP contribution in [0.1, 0.15) is 11.1 Å². The fourth-order valence-electron chi connectivity index (χ4n) is 2.18. The Balaban J connectivity index is 2.08. The number of hydrogen-bond donors (Lipinski definition) is 1. The van der Waals surface area contributed by atoms with E-state index in [1.165, 1.54) is 16.6 Å². The molecule has 3 rings (SSSR count). The number of benzene rings is 1. The van der Waals surface area contributed by atoms with Crippen LogP contribution in [-0.2, 0) is 6.18 Å². The number of halogens is 3. The molecular weight excluding hydrogens is 281 g/mol. The normalized spacial score (nSPS) is 12.0. The maximum Gasteiger partial charge on any atom is 0.416 e. The maximum absolute atomic E-state index is 12.6. The molecule has 0 saturated heterocycles. The molecule has 2 aromatic heterocycles. The standard InChI is InChI=1S/C14H11F3N4/c1-8-6-10(7-21-12(8)19-13(18)20-21)9-2-4-11(5-3-9)14(15,16)17/h2-7H,1H3,(H2,18,20). The summed E-state index contributed by atoms with van der Waals surface area (Å²) in [5.41, 5.74) is 7.77. The van der Waals surface area contributed by atoms with E-state index in [1.54, 1.807) is 6.20 Å². The van der Waals surface area contributed by atoms with Gasteiger partial charge in [-0.15, -0.1) is 5.10 Å². The van der Waals surface area contributed by atoms with Crippen LogP contribution in [0.3, 0.4) is 0 Å². The third kappa shape index (κ3) is 2.42. The lowest BCUT2D eigenvalue weighted by atomic mass is 10.0. The lowest BCUT2D eigenvalue weighted by Crippen LogP contribution is -2.04. The second kappa shape index (κ2) is 4.47. The summed E-state index contributed by atoms with van der Waals surface area (Å²) in [4.78, 5) is 4.07. The number of hydrogen-bond acceptors (Lipinski definition) is 3. The molecule has 108 valence electrons. The zero-order valence-electron chi connectivity index (χ0n) is 11.0. The average molecular weight is 292 g/mol. The van der Waals surface area contributed by atoms with Crippen LogP contribution in [0.4, 0.5) is 19.1 Å². The Kier molecular flexibility index (Phi) is 2.86. The summed E-state index contributed by atoms with van der Waals surface area (Å²) in [6, 6.07) is 6.83. The Labute approximate surface area is 118 Å². The molecule has 0 bridgehead atoms. The first kappa shape index (κ1) is 13.4. The van der Waals surface area contributed by atoms with Crippen molar-refractivity contribution in [3.05, 3.63) is 47.7 Å². The molecule has 0 spiro atoms. The summed E-state index contributed by atoms with van der Waals surface area (Å²) in [5, 5.41) is 4.02. The largest absolute Gasteiger partial charge is 0.416 e. The Bertz CT molecular complexity index is 803. The van der Waals surface area contributed by atoms with Gasteiger partial charge >= 0.3 is 6.18 Å².